The van der Waals surface area contributed by atoms with E-state index in [1.54, 1.807) is 22.7 Å². The monoisotopic (exact) mass is 317 g/mol. The molecule has 0 aliphatic heterocycles. The third kappa shape index (κ3) is 2.13. The Morgan fingerprint density at radius 2 is 1.76 bits per heavy atom. The van der Waals surface area contributed by atoms with Gasteiger partial charge in [0.2, 0.25) is 5.13 Å². The first-order chi connectivity index (χ1) is 10.3. The molecule has 1 N–H and O–H groups in total. The van der Waals surface area contributed by atoms with E-state index in [0.29, 0.717) is 5.54 Å². The molecule has 0 aromatic carbocycles. The molecule has 5 heteroatoms. The molecule has 4 fully saturated rings. The maximum atomic E-state index is 4.41. The van der Waals surface area contributed by atoms with Crippen LogP contribution in [0, 0.1) is 17.8 Å². The number of nitrogens with zero attached hydrogens (tertiary/aromatic N) is 2. The van der Waals surface area contributed by atoms with E-state index in [1.807, 2.05) is 0 Å². The van der Waals surface area contributed by atoms with Crippen LogP contribution in [0.15, 0.2) is 17.5 Å². The largest absolute Gasteiger partial charge is 0.355 e. The van der Waals surface area contributed by atoms with E-state index < -0.39 is 0 Å². The molecule has 3 nitrogen and oxygen atoms in total. The van der Waals surface area contributed by atoms with Crippen LogP contribution in [0.5, 0.6) is 0 Å². The van der Waals surface area contributed by atoms with E-state index in [2.05, 4.69) is 33.0 Å². The smallest absolute Gasteiger partial charge is 0.206 e. The molecule has 4 aliphatic rings. The Morgan fingerprint density at radius 1 is 1.05 bits per heavy atom. The van der Waals surface area contributed by atoms with Gasteiger partial charge in [-0.25, -0.2) is 0 Å². The molecule has 0 atom stereocenters. The molecule has 110 valence electrons. The third-order valence-electron chi connectivity index (χ3n) is 5.57. The molecule has 21 heavy (non-hydrogen) atoms. The molecule has 0 radical (unpaired) electrons. The summed E-state index contributed by atoms with van der Waals surface area (Å²) in [4.78, 5) is 1.23. The third-order valence-corrected chi connectivity index (χ3v) is 7.45. The van der Waals surface area contributed by atoms with Crippen LogP contribution in [0.1, 0.15) is 38.5 Å². The lowest BCUT2D eigenvalue weighted by Crippen LogP contribution is -2.54. The topological polar surface area (TPSA) is 37.8 Å². The maximum absolute atomic E-state index is 4.41. The lowest BCUT2D eigenvalue weighted by Gasteiger charge is -2.56. The fraction of sp³-hybridized carbons (Fsp3) is 0.625. The van der Waals surface area contributed by atoms with Crippen LogP contribution in [0.4, 0.5) is 5.13 Å². The Labute approximate surface area is 132 Å². The van der Waals surface area contributed by atoms with Crippen LogP contribution in [0.25, 0.3) is 9.88 Å². The lowest BCUT2D eigenvalue weighted by atomic mass is 9.53. The Balaban J connectivity index is 1.40. The van der Waals surface area contributed by atoms with Crippen molar-refractivity contribution in [2.45, 2.75) is 44.1 Å². The van der Waals surface area contributed by atoms with Gasteiger partial charge in [-0.1, -0.05) is 17.4 Å². The fourth-order valence-electron chi connectivity index (χ4n) is 5.26. The predicted molar refractivity (Wildman–Crippen MR) is 87.7 cm³/mol. The molecule has 4 saturated carbocycles. The van der Waals surface area contributed by atoms with Crippen molar-refractivity contribution >= 4 is 27.8 Å². The molecule has 0 amide bonds. The van der Waals surface area contributed by atoms with Crippen molar-refractivity contribution < 1.29 is 0 Å². The molecule has 2 aromatic heterocycles. The maximum Gasteiger partial charge on any atom is 0.206 e. The van der Waals surface area contributed by atoms with E-state index in [4.69, 9.17) is 0 Å². The number of hydrogen-bond acceptors (Lipinski definition) is 5. The number of thiophene rings is 1. The molecule has 4 bridgehead atoms. The molecule has 6 rings (SSSR count). The molecular weight excluding hydrogens is 298 g/mol. The average molecular weight is 317 g/mol. The SMILES string of the molecule is c1csc(-c2nnc(NC34CC5CC(CC(C5)C3)C4)s2)c1. The first kappa shape index (κ1) is 12.6. The number of nitrogens with one attached hydrogen (secondary N) is 1. The fourth-order valence-corrected chi connectivity index (χ4v) is 6.92. The zero-order chi connectivity index (χ0) is 13.9. The second-order valence-electron chi connectivity index (χ2n) is 7.21. The first-order valence-corrected chi connectivity index (χ1v) is 9.63. The normalized spacial score (nSPS) is 37.0. The molecular formula is C16H19N3S2. The van der Waals surface area contributed by atoms with Crippen LogP contribution in [-0.2, 0) is 0 Å². The Hall–Kier alpha value is -0.940. The van der Waals surface area contributed by atoms with Gasteiger partial charge in [0.1, 0.15) is 0 Å². The van der Waals surface area contributed by atoms with E-state index >= 15 is 0 Å². The Bertz CT molecular complexity index is 611. The van der Waals surface area contributed by atoms with Gasteiger partial charge in [-0.2, -0.15) is 0 Å². The highest BCUT2D eigenvalue weighted by Gasteiger charge is 2.51. The van der Waals surface area contributed by atoms with Gasteiger partial charge in [0.25, 0.3) is 0 Å². The standard InChI is InChI=1S/C16H19N3S2/c1-2-13(20-3-1)14-18-19-15(21-14)17-16-7-10-4-11(8-16)6-12(5-10)9-16/h1-3,10-12H,4-9H2,(H,17,19). The lowest BCUT2D eigenvalue weighted by molar-refractivity contribution is 0.0107. The van der Waals surface area contributed by atoms with Crippen molar-refractivity contribution in [3.8, 4) is 9.88 Å². The minimum atomic E-state index is 0.334. The Morgan fingerprint density at radius 3 is 2.38 bits per heavy atom. The van der Waals surface area contributed by atoms with Crippen LogP contribution < -0.4 is 5.32 Å². The highest BCUT2D eigenvalue weighted by Crippen LogP contribution is 2.56. The quantitative estimate of drug-likeness (QED) is 0.895. The zero-order valence-electron chi connectivity index (χ0n) is 11.9. The van der Waals surface area contributed by atoms with Crippen molar-refractivity contribution in [2.24, 2.45) is 17.8 Å². The summed E-state index contributed by atoms with van der Waals surface area (Å²) in [7, 11) is 0. The predicted octanol–water partition coefficient (Wildman–Crippen LogP) is 4.65. The highest BCUT2D eigenvalue weighted by molar-refractivity contribution is 7.22. The van der Waals surface area contributed by atoms with Gasteiger partial charge in [-0.3, -0.25) is 0 Å². The molecule has 0 unspecified atom stereocenters. The molecule has 2 aromatic rings. The minimum absolute atomic E-state index is 0.334. The molecule has 0 saturated heterocycles. The number of aromatic nitrogens is 2. The van der Waals surface area contributed by atoms with Gasteiger partial charge in [0.05, 0.1) is 4.88 Å². The molecule has 2 heterocycles. The van der Waals surface area contributed by atoms with Gasteiger partial charge in [-0.15, -0.1) is 21.5 Å². The summed E-state index contributed by atoms with van der Waals surface area (Å²) in [5.41, 5.74) is 0.334. The van der Waals surface area contributed by atoms with Crippen molar-refractivity contribution in [1.82, 2.24) is 10.2 Å². The van der Waals surface area contributed by atoms with Crippen LogP contribution in [0.3, 0.4) is 0 Å². The van der Waals surface area contributed by atoms with Gasteiger partial charge in [0.15, 0.2) is 5.01 Å². The summed E-state index contributed by atoms with van der Waals surface area (Å²) >= 11 is 3.46. The van der Waals surface area contributed by atoms with Crippen LogP contribution >= 0.6 is 22.7 Å². The van der Waals surface area contributed by atoms with Gasteiger partial charge in [0, 0.05) is 5.54 Å². The van der Waals surface area contributed by atoms with Gasteiger partial charge >= 0.3 is 0 Å². The van der Waals surface area contributed by atoms with E-state index in [1.165, 1.54) is 43.4 Å². The zero-order valence-corrected chi connectivity index (χ0v) is 13.6. The van der Waals surface area contributed by atoms with Crippen molar-refractivity contribution in [2.75, 3.05) is 5.32 Å². The van der Waals surface area contributed by atoms with Gasteiger partial charge < -0.3 is 5.32 Å². The van der Waals surface area contributed by atoms with Crippen molar-refractivity contribution in [1.29, 1.82) is 0 Å². The van der Waals surface area contributed by atoms with Gasteiger partial charge in [-0.05, 0) is 67.7 Å². The summed E-state index contributed by atoms with van der Waals surface area (Å²) in [6.07, 6.45) is 8.51. The second-order valence-corrected chi connectivity index (χ2v) is 9.14. The minimum Gasteiger partial charge on any atom is -0.355 e. The number of rotatable bonds is 3. The second kappa shape index (κ2) is 4.53. The summed E-state index contributed by atoms with van der Waals surface area (Å²) in [6, 6.07) is 4.20. The molecule has 4 aliphatic carbocycles. The summed E-state index contributed by atoms with van der Waals surface area (Å²) in [5.74, 6) is 2.90. The summed E-state index contributed by atoms with van der Waals surface area (Å²) in [5, 5.41) is 16.8. The van der Waals surface area contributed by atoms with Crippen molar-refractivity contribution in [3.05, 3.63) is 17.5 Å². The summed E-state index contributed by atoms with van der Waals surface area (Å²) in [6.45, 7) is 0. The summed E-state index contributed by atoms with van der Waals surface area (Å²) < 4.78 is 0. The number of hydrogen-bond donors (Lipinski definition) is 1. The van der Waals surface area contributed by atoms with Crippen LogP contribution in [0.2, 0.25) is 0 Å². The van der Waals surface area contributed by atoms with E-state index in [-0.39, 0.29) is 0 Å². The first-order valence-electron chi connectivity index (χ1n) is 7.94. The van der Waals surface area contributed by atoms with Crippen molar-refractivity contribution in [3.63, 3.8) is 0 Å². The average Bonchev–Trinajstić information content (AvgIpc) is 3.06. The van der Waals surface area contributed by atoms with E-state index in [9.17, 15) is 0 Å². The van der Waals surface area contributed by atoms with Crippen LogP contribution in [-0.4, -0.2) is 15.7 Å². The molecule has 0 spiro atoms. The number of anilines is 1. The van der Waals surface area contributed by atoms with E-state index in [0.717, 1.165) is 27.9 Å². The Kier molecular flexibility index (Phi) is 2.71. The highest BCUT2D eigenvalue weighted by atomic mass is 32.1.